The van der Waals surface area contributed by atoms with Gasteiger partial charge in [-0.05, 0) is 51.9 Å². The number of carbonyl (C=O) groups is 3. The molecular weight excluding hydrogens is 398 g/mol. The fourth-order valence-corrected chi connectivity index (χ4v) is 5.76. The molecule has 2 bridgehead atoms. The Balaban J connectivity index is 1.86. The molecule has 0 aromatic rings. The highest BCUT2D eigenvalue weighted by Gasteiger charge is 2.74. The zero-order valence-electron chi connectivity index (χ0n) is 19.2. The van der Waals surface area contributed by atoms with E-state index in [1.54, 1.807) is 4.90 Å². The van der Waals surface area contributed by atoms with Crippen LogP contribution in [-0.4, -0.2) is 71.2 Å². The van der Waals surface area contributed by atoms with E-state index in [4.69, 9.17) is 9.84 Å². The highest BCUT2D eigenvalue weighted by molar-refractivity contribution is 5.98. The summed E-state index contributed by atoms with van der Waals surface area (Å²) < 4.78 is 6.38. The van der Waals surface area contributed by atoms with Crippen LogP contribution in [0.4, 0.5) is 0 Å². The minimum absolute atomic E-state index is 0.0153. The first-order valence-corrected chi connectivity index (χ1v) is 12.1. The molecule has 3 aliphatic rings. The number of hydrogen-bond donors (Lipinski definition) is 3. The Morgan fingerprint density at radius 1 is 1.23 bits per heavy atom. The first-order valence-electron chi connectivity index (χ1n) is 12.1. The van der Waals surface area contributed by atoms with E-state index in [0.29, 0.717) is 38.8 Å². The number of aliphatic hydroxyl groups is 1. The molecule has 3 rings (SSSR count). The molecule has 6 atom stereocenters. The summed E-state index contributed by atoms with van der Waals surface area (Å²) in [5.74, 6) is -1.57. The summed E-state index contributed by atoms with van der Waals surface area (Å²) >= 11 is 0. The molecule has 0 radical (unpaired) electrons. The summed E-state index contributed by atoms with van der Waals surface area (Å²) in [5, 5.41) is 15.1. The number of unbranched alkanes of at least 4 members (excludes halogenated alkanes) is 2. The number of nitrogens with zero attached hydrogens (tertiary/aromatic N) is 1. The minimum atomic E-state index is -0.914. The molecule has 0 aliphatic carbocycles. The van der Waals surface area contributed by atoms with Crippen molar-refractivity contribution in [3.8, 4) is 0 Å². The van der Waals surface area contributed by atoms with Crippen molar-refractivity contribution in [2.24, 2.45) is 11.8 Å². The molecule has 3 heterocycles. The number of amides is 3. The number of ether oxygens (including phenoxy) is 1. The van der Waals surface area contributed by atoms with Crippen LogP contribution in [0.5, 0.6) is 0 Å². The van der Waals surface area contributed by atoms with Gasteiger partial charge in [0.2, 0.25) is 17.7 Å². The topological polar surface area (TPSA) is 108 Å². The monoisotopic (exact) mass is 437 g/mol. The number of rotatable bonds is 12. The second-order valence-corrected chi connectivity index (χ2v) is 9.36. The third-order valence-electron chi connectivity index (χ3n) is 7.07. The third kappa shape index (κ3) is 4.46. The Labute approximate surface area is 185 Å². The summed E-state index contributed by atoms with van der Waals surface area (Å²) in [5.41, 5.74) is -0.914. The van der Waals surface area contributed by atoms with E-state index in [-0.39, 0.29) is 36.5 Å². The van der Waals surface area contributed by atoms with Crippen molar-refractivity contribution in [3.05, 3.63) is 0 Å². The summed E-state index contributed by atoms with van der Waals surface area (Å²) in [4.78, 5) is 41.6. The van der Waals surface area contributed by atoms with Gasteiger partial charge in [-0.3, -0.25) is 14.4 Å². The van der Waals surface area contributed by atoms with Crippen molar-refractivity contribution in [1.82, 2.24) is 15.5 Å². The quantitative estimate of drug-likeness (QED) is 0.400. The summed E-state index contributed by atoms with van der Waals surface area (Å²) in [7, 11) is 0. The van der Waals surface area contributed by atoms with E-state index in [0.717, 1.165) is 25.7 Å². The van der Waals surface area contributed by atoms with Gasteiger partial charge in [0.25, 0.3) is 0 Å². The van der Waals surface area contributed by atoms with Crippen LogP contribution >= 0.6 is 0 Å². The Morgan fingerprint density at radius 2 is 2.00 bits per heavy atom. The van der Waals surface area contributed by atoms with Crippen molar-refractivity contribution in [1.29, 1.82) is 0 Å². The van der Waals surface area contributed by atoms with E-state index in [9.17, 15) is 14.4 Å². The lowest BCUT2D eigenvalue weighted by Crippen LogP contribution is -2.56. The fourth-order valence-electron chi connectivity index (χ4n) is 5.76. The van der Waals surface area contributed by atoms with Gasteiger partial charge in [0, 0.05) is 25.7 Å². The van der Waals surface area contributed by atoms with Crippen molar-refractivity contribution >= 4 is 17.7 Å². The number of hydrogen-bond acceptors (Lipinski definition) is 5. The Kier molecular flexibility index (Phi) is 7.97. The lowest BCUT2D eigenvalue weighted by Gasteiger charge is -2.34. The maximum absolute atomic E-state index is 13.6. The lowest BCUT2D eigenvalue weighted by atomic mass is 9.70. The van der Waals surface area contributed by atoms with Crippen LogP contribution in [0.3, 0.4) is 0 Å². The Hall–Kier alpha value is -1.67. The second kappa shape index (κ2) is 10.3. The first kappa shape index (κ1) is 24.0. The average molecular weight is 438 g/mol. The standard InChI is InChI=1S/C23H39N3O5/c1-4-9-15(3)25-21(29)19-23-11-10-16(31-23)17(20(28)24-12-5-2)18(23)22(30)26(19)13-7-6-8-14-27/h15-19,27H,4-14H2,1-3H3,(H,24,28)(H,25,29)/t15?,16-,17+,18+,19?,23?/m1/s1. The largest absolute Gasteiger partial charge is 0.396 e. The van der Waals surface area contributed by atoms with Gasteiger partial charge in [-0.25, -0.2) is 0 Å². The lowest BCUT2D eigenvalue weighted by molar-refractivity contribution is -0.142. The number of fused-ring (bicyclic) bond motifs is 1. The van der Waals surface area contributed by atoms with Crippen LogP contribution in [0.1, 0.15) is 72.1 Å². The molecular formula is C23H39N3O5. The van der Waals surface area contributed by atoms with Crippen LogP contribution < -0.4 is 10.6 Å². The molecule has 3 fully saturated rings. The van der Waals surface area contributed by atoms with Crippen molar-refractivity contribution in [2.45, 2.75) is 95.9 Å². The highest BCUT2D eigenvalue weighted by Crippen LogP contribution is 2.58. The molecule has 3 unspecified atom stereocenters. The zero-order valence-corrected chi connectivity index (χ0v) is 19.2. The predicted octanol–water partition coefficient (Wildman–Crippen LogP) is 1.35. The van der Waals surface area contributed by atoms with Gasteiger partial charge in [0.1, 0.15) is 11.6 Å². The van der Waals surface area contributed by atoms with Gasteiger partial charge in [-0.1, -0.05) is 20.3 Å². The van der Waals surface area contributed by atoms with E-state index in [1.807, 2.05) is 13.8 Å². The van der Waals surface area contributed by atoms with Crippen LogP contribution in [0.15, 0.2) is 0 Å². The zero-order chi connectivity index (χ0) is 22.6. The molecule has 3 aliphatic heterocycles. The van der Waals surface area contributed by atoms with Gasteiger partial charge in [0.15, 0.2) is 0 Å². The number of carbonyl (C=O) groups excluding carboxylic acids is 3. The molecule has 31 heavy (non-hydrogen) atoms. The Morgan fingerprint density at radius 3 is 2.68 bits per heavy atom. The van der Waals surface area contributed by atoms with Gasteiger partial charge in [-0.15, -0.1) is 0 Å². The van der Waals surface area contributed by atoms with E-state index in [1.165, 1.54) is 0 Å². The molecule has 3 N–H and O–H groups in total. The van der Waals surface area contributed by atoms with Crippen molar-refractivity contribution < 1.29 is 24.2 Å². The van der Waals surface area contributed by atoms with Gasteiger partial charge < -0.3 is 25.4 Å². The second-order valence-electron chi connectivity index (χ2n) is 9.36. The molecule has 0 saturated carbocycles. The minimum Gasteiger partial charge on any atom is -0.396 e. The predicted molar refractivity (Wildman–Crippen MR) is 116 cm³/mol. The average Bonchev–Trinajstić information content (AvgIpc) is 3.37. The summed E-state index contributed by atoms with van der Waals surface area (Å²) in [6, 6.07) is -0.686. The normalized spacial score (nSPS) is 32.3. The molecule has 8 nitrogen and oxygen atoms in total. The molecule has 3 saturated heterocycles. The summed E-state index contributed by atoms with van der Waals surface area (Å²) in [6.45, 7) is 7.17. The van der Waals surface area contributed by atoms with E-state index in [2.05, 4.69) is 17.6 Å². The molecule has 176 valence electrons. The number of nitrogens with one attached hydrogen (secondary N) is 2. The fraction of sp³-hybridized carbons (Fsp3) is 0.870. The van der Waals surface area contributed by atoms with E-state index < -0.39 is 23.5 Å². The smallest absolute Gasteiger partial charge is 0.246 e. The molecule has 8 heteroatoms. The van der Waals surface area contributed by atoms with Crippen LogP contribution in [-0.2, 0) is 19.1 Å². The number of aliphatic hydroxyl groups excluding tert-OH is 1. The molecule has 1 spiro atoms. The Bertz CT molecular complexity index is 672. The third-order valence-corrected chi connectivity index (χ3v) is 7.07. The van der Waals surface area contributed by atoms with Crippen LogP contribution in [0, 0.1) is 11.8 Å². The van der Waals surface area contributed by atoms with E-state index >= 15 is 0 Å². The van der Waals surface area contributed by atoms with Gasteiger partial charge >= 0.3 is 0 Å². The van der Waals surface area contributed by atoms with Gasteiger partial charge in [0.05, 0.1) is 17.9 Å². The number of likely N-dealkylation sites (tertiary alicyclic amines) is 1. The van der Waals surface area contributed by atoms with Crippen LogP contribution in [0.2, 0.25) is 0 Å². The molecule has 0 aromatic heterocycles. The first-order chi connectivity index (χ1) is 14.9. The van der Waals surface area contributed by atoms with Crippen molar-refractivity contribution in [2.75, 3.05) is 19.7 Å². The summed E-state index contributed by atoms with van der Waals surface area (Å²) in [6.07, 6.45) is 5.83. The SMILES string of the molecule is CCCNC(=O)[C@@H]1[C@H]2C(=O)N(CCCCCO)C(C(=O)NC(C)CCC)C23CC[C@H]1O3. The maximum atomic E-state index is 13.6. The van der Waals surface area contributed by atoms with Gasteiger partial charge in [-0.2, -0.15) is 0 Å². The van der Waals surface area contributed by atoms with Crippen molar-refractivity contribution in [3.63, 3.8) is 0 Å². The molecule has 0 aromatic carbocycles. The van der Waals surface area contributed by atoms with Crippen LogP contribution in [0.25, 0.3) is 0 Å². The maximum Gasteiger partial charge on any atom is 0.246 e. The highest BCUT2D eigenvalue weighted by atomic mass is 16.5. The molecule has 3 amide bonds.